The van der Waals surface area contributed by atoms with E-state index in [0.29, 0.717) is 23.6 Å². The number of methoxy groups -OCH3 is 2. The zero-order valence-corrected chi connectivity index (χ0v) is 18.9. The van der Waals surface area contributed by atoms with Crippen molar-refractivity contribution >= 4 is 17.0 Å². The number of imidazole rings is 1. The Kier molecular flexibility index (Phi) is 6.49. The van der Waals surface area contributed by atoms with E-state index < -0.39 is 5.97 Å². The average Bonchev–Trinajstić information content (AvgIpc) is 3.18. The van der Waals surface area contributed by atoms with Crippen LogP contribution in [0.25, 0.3) is 11.0 Å². The normalized spacial score (nSPS) is 10.9. The van der Waals surface area contributed by atoms with Gasteiger partial charge in [0.25, 0.3) is 0 Å². The van der Waals surface area contributed by atoms with Crippen LogP contribution in [0, 0.1) is 6.92 Å². The van der Waals surface area contributed by atoms with Crippen LogP contribution in [0.2, 0.25) is 0 Å². The van der Waals surface area contributed by atoms with Gasteiger partial charge in [-0.25, -0.2) is 9.78 Å². The Morgan fingerprint density at radius 3 is 2.48 bits per heavy atom. The zero-order valence-electron chi connectivity index (χ0n) is 18.9. The molecule has 0 aliphatic heterocycles. The van der Waals surface area contributed by atoms with E-state index in [9.17, 15) is 9.90 Å². The van der Waals surface area contributed by atoms with E-state index in [1.54, 1.807) is 32.4 Å². The van der Waals surface area contributed by atoms with Crippen molar-refractivity contribution in [3.05, 3.63) is 83.2 Å². The van der Waals surface area contributed by atoms with Crippen molar-refractivity contribution in [1.82, 2.24) is 9.55 Å². The maximum atomic E-state index is 11.4. The van der Waals surface area contributed by atoms with Crippen LogP contribution < -0.4 is 14.2 Å². The fraction of sp³-hybridized carbons (Fsp3) is 0.231. The van der Waals surface area contributed by atoms with Gasteiger partial charge in [0.05, 0.1) is 30.8 Å². The summed E-state index contributed by atoms with van der Waals surface area (Å²) in [6.07, 6.45) is 0.726. The molecule has 0 atom stereocenters. The minimum atomic E-state index is -0.977. The number of aromatic carboxylic acids is 1. The van der Waals surface area contributed by atoms with E-state index in [0.717, 1.165) is 34.6 Å². The minimum absolute atomic E-state index is 0.207. The summed E-state index contributed by atoms with van der Waals surface area (Å²) in [7, 11) is 3.23. The highest BCUT2D eigenvalue weighted by Crippen LogP contribution is 2.28. The molecule has 33 heavy (non-hydrogen) atoms. The quantitative estimate of drug-likeness (QED) is 0.395. The molecule has 0 radical (unpaired) electrons. The van der Waals surface area contributed by atoms with E-state index in [1.807, 2.05) is 49.4 Å². The molecule has 4 aromatic rings. The Labute approximate surface area is 192 Å². The van der Waals surface area contributed by atoms with Gasteiger partial charge in [-0.2, -0.15) is 0 Å². The van der Waals surface area contributed by atoms with Crippen molar-refractivity contribution in [2.75, 3.05) is 14.2 Å². The molecule has 1 aromatic heterocycles. The van der Waals surface area contributed by atoms with Gasteiger partial charge in [0.15, 0.2) is 11.5 Å². The van der Waals surface area contributed by atoms with Crippen molar-refractivity contribution in [3.63, 3.8) is 0 Å². The predicted molar refractivity (Wildman–Crippen MR) is 125 cm³/mol. The Morgan fingerprint density at radius 1 is 0.970 bits per heavy atom. The van der Waals surface area contributed by atoms with Crippen LogP contribution in [-0.4, -0.2) is 34.8 Å². The van der Waals surface area contributed by atoms with Crippen molar-refractivity contribution in [2.45, 2.75) is 26.5 Å². The van der Waals surface area contributed by atoms with E-state index in [2.05, 4.69) is 4.57 Å². The number of rotatable bonds is 9. The second-order valence-corrected chi connectivity index (χ2v) is 7.68. The van der Waals surface area contributed by atoms with Crippen molar-refractivity contribution in [3.8, 4) is 17.2 Å². The van der Waals surface area contributed by atoms with Gasteiger partial charge >= 0.3 is 5.97 Å². The molecule has 0 aliphatic carbocycles. The molecule has 170 valence electrons. The number of ether oxygens (including phenoxy) is 3. The van der Waals surface area contributed by atoms with E-state index in [-0.39, 0.29) is 12.2 Å². The SMILES string of the molecule is COc1ccc(CCn2c(COc3ccccc3C)nc3cc(C(=O)O)ccc32)cc1OC. The van der Waals surface area contributed by atoms with Gasteiger partial charge in [0.1, 0.15) is 18.2 Å². The molecule has 4 rings (SSSR count). The number of fused-ring (bicyclic) bond motifs is 1. The van der Waals surface area contributed by atoms with Gasteiger partial charge in [0.2, 0.25) is 0 Å². The number of carboxylic acid groups (broad SMARTS) is 1. The second kappa shape index (κ2) is 9.65. The third kappa shape index (κ3) is 4.77. The molecule has 0 saturated carbocycles. The van der Waals surface area contributed by atoms with Gasteiger partial charge in [-0.1, -0.05) is 24.3 Å². The lowest BCUT2D eigenvalue weighted by atomic mass is 10.1. The van der Waals surface area contributed by atoms with Crippen LogP contribution >= 0.6 is 0 Å². The van der Waals surface area contributed by atoms with E-state index in [1.165, 1.54) is 0 Å². The van der Waals surface area contributed by atoms with Crippen molar-refractivity contribution < 1.29 is 24.1 Å². The molecule has 0 saturated heterocycles. The zero-order chi connectivity index (χ0) is 23.4. The number of aromatic nitrogens is 2. The predicted octanol–water partition coefficient (Wildman–Crippen LogP) is 4.88. The van der Waals surface area contributed by atoms with Crippen LogP contribution in [-0.2, 0) is 19.6 Å². The summed E-state index contributed by atoms with van der Waals surface area (Å²) in [6, 6.07) is 18.7. The van der Waals surface area contributed by atoms with E-state index >= 15 is 0 Å². The summed E-state index contributed by atoms with van der Waals surface area (Å²) in [5.41, 5.74) is 3.83. The van der Waals surface area contributed by atoms with Gasteiger partial charge in [-0.15, -0.1) is 0 Å². The third-order valence-electron chi connectivity index (χ3n) is 5.60. The molecule has 0 spiro atoms. The second-order valence-electron chi connectivity index (χ2n) is 7.68. The molecule has 1 N–H and O–H groups in total. The van der Waals surface area contributed by atoms with Crippen molar-refractivity contribution in [2.24, 2.45) is 0 Å². The summed E-state index contributed by atoms with van der Waals surface area (Å²) in [4.78, 5) is 16.1. The fourth-order valence-corrected chi connectivity index (χ4v) is 3.81. The molecule has 0 amide bonds. The van der Waals surface area contributed by atoms with Crippen molar-refractivity contribution in [1.29, 1.82) is 0 Å². The number of para-hydroxylation sites is 1. The largest absolute Gasteiger partial charge is 0.493 e. The molecule has 0 bridgehead atoms. The van der Waals surface area contributed by atoms with Gasteiger partial charge in [0, 0.05) is 6.54 Å². The topological polar surface area (TPSA) is 82.8 Å². The Morgan fingerprint density at radius 2 is 1.76 bits per heavy atom. The lowest BCUT2D eigenvalue weighted by Crippen LogP contribution is -2.09. The molecule has 0 aliphatic rings. The lowest BCUT2D eigenvalue weighted by Gasteiger charge is -2.13. The number of carbonyl (C=O) groups is 1. The number of hydrogen-bond acceptors (Lipinski definition) is 5. The third-order valence-corrected chi connectivity index (χ3v) is 5.60. The van der Waals surface area contributed by atoms with Crippen LogP contribution in [0.3, 0.4) is 0 Å². The summed E-state index contributed by atoms with van der Waals surface area (Å²) >= 11 is 0. The first-order valence-corrected chi connectivity index (χ1v) is 10.6. The molecular formula is C26H26N2O5. The minimum Gasteiger partial charge on any atom is -0.493 e. The molecule has 3 aromatic carbocycles. The fourth-order valence-electron chi connectivity index (χ4n) is 3.81. The number of benzene rings is 3. The highest BCUT2D eigenvalue weighted by molar-refractivity contribution is 5.92. The molecule has 0 unspecified atom stereocenters. The number of hydrogen-bond donors (Lipinski definition) is 1. The average molecular weight is 447 g/mol. The summed E-state index contributed by atoms with van der Waals surface area (Å²) in [5.74, 6) is 1.91. The highest BCUT2D eigenvalue weighted by atomic mass is 16.5. The van der Waals surface area contributed by atoms with Gasteiger partial charge in [-0.3, -0.25) is 0 Å². The summed E-state index contributed by atoms with van der Waals surface area (Å²) in [6.45, 7) is 2.91. The highest BCUT2D eigenvalue weighted by Gasteiger charge is 2.15. The standard InChI is InChI=1S/C26H26N2O5/c1-17-6-4-5-7-22(17)33-16-25-27-20-15-19(26(29)30)9-10-21(20)28(25)13-12-18-8-11-23(31-2)24(14-18)32-3/h4-11,14-15H,12-13,16H2,1-3H3,(H,29,30). The van der Waals surface area contributed by atoms with Gasteiger partial charge < -0.3 is 23.9 Å². The number of nitrogens with zero attached hydrogens (tertiary/aromatic N) is 2. The maximum absolute atomic E-state index is 11.4. The Balaban J connectivity index is 1.65. The first-order chi connectivity index (χ1) is 16.0. The Bertz CT molecular complexity index is 1300. The Hall–Kier alpha value is -4.00. The number of aryl methyl sites for hydroxylation is 3. The summed E-state index contributed by atoms with van der Waals surface area (Å²) < 4.78 is 18.9. The molecule has 0 fully saturated rings. The summed E-state index contributed by atoms with van der Waals surface area (Å²) in [5, 5.41) is 9.37. The van der Waals surface area contributed by atoms with Crippen LogP contribution in [0.4, 0.5) is 0 Å². The van der Waals surface area contributed by atoms with Crippen LogP contribution in [0.5, 0.6) is 17.2 Å². The maximum Gasteiger partial charge on any atom is 0.335 e. The smallest absolute Gasteiger partial charge is 0.335 e. The van der Waals surface area contributed by atoms with E-state index in [4.69, 9.17) is 19.2 Å². The molecular weight excluding hydrogens is 420 g/mol. The number of carboxylic acids is 1. The first kappa shape index (κ1) is 22.2. The molecule has 1 heterocycles. The monoisotopic (exact) mass is 446 g/mol. The van der Waals surface area contributed by atoms with Gasteiger partial charge in [-0.05, 0) is 60.9 Å². The molecule has 7 heteroatoms. The van der Waals surface area contributed by atoms with Crippen LogP contribution in [0.1, 0.15) is 27.3 Å². The first-order valence-electron chi connectivity index (χ1n) is 10.6. The molecule has 7 nitrogen and oxygen atoms in total. The lowest BCUT2D eigenvalue weighted by molar-refractivity contribution is 0.0697. The van der Waals surface area contributed by atoms with Crippen LogP contribution in [0.15, 0.2) is 60.7 Å².